The lowest BCUT2D eigenvalue weighted by atomic mass is 9.80. The summed E-state index contributed by atoms with van der Waals surface area (Å²) in [6.45, 7) is 4.71. The van der Waals surface area contributed by atoms with E-state index in [-0.39, 0.29) is 35.2 Å². The van der Waals surface area contributed by atoms with Gasteiger partial charge in [-0.05, 0) is 25.3 Å². The number of carboxylic acids is 1. The van der Waals surface area contributed by atoms with Crippen molar-refractivity contribution in [2.45, 2.75) is 63.5 Å². The number of nitrogens with one attached hydrogen (secondary N) is 1. The molecule has 1 aromatic rings. The van der Waals surface area contributed by atoms with Crippen LogP contribution >= 0.6 is 17.0 Å². The molecule has 2 N–H and O–H groups in total. The van der Waals surface area contributed by atoms with Crippen LogP contribution in [0.25, 0.3) is 0 Å². The summed E-state index contributed by atoms with van der Waals surface area (Å²) < 4.78 is 11.9. The van der Waals surface area contributed by atoms with Crippen LogP contribution in [-0.4, -0.2) is 35.6 Å². The third kappa shape index (κ3) is 4.61. The fourth-order valence-corrected chi connectivity index (χ4v) is 3.83. The Kier molecular flexibility index (Phi) is 7.02. The number of hydrogen-bond acceptors (Lipinski definition) is 4. The molecule has 1 aliphatic heterocycles. The van der Waals surface area contributed by atoms with Crippen LogP contribution in [0.4, 0.5) is 0 Å². The molecule has 2 aliphatic rings. The molecule has 2 fully saturated rings. The fraction of sp³-hybridized carbons (Fsp3) is 0.632. The average Bonchev–Trinajstić information content (AvgIpc) is 3.00. The maximum absolute atomic E-state index is 11.8. The van der Waals surface area contributed by atoms with Crippen LogP contribution in [0.2, 0.25) is 0 Å². The summed E-state index contributed by atoms with van der Waals surface area (Å²) in [5.41, 5.74) is 1.17. The van der Waals surface area contributed by atoms with E-state index in [4.69, 9.17) is 9.47 Å². The minimum atomic E-state index is -0.779. The zero-order valence-corrected chi connectivity index (χ0v) is 16.5. The molecule has 1 saturated carbocycles. The highest BCUT2D eigenvalue weighted by Gasteiger charge is 2.49. The molecule has 1 spiro atoms. The predicted molar refractivity (Wildman–Crippen MR) is 101 cm³/mol. The first kappa shape index (κ1) is 20.4. The van der Waals surface area contributed by atoms with E-state index in [2.05, 4.69) is 31.3 Å². The van der Waals surface area contributed by atoms with Gasteiger partial charge >= 0.3 is 5.97 Å². The molecular formula is C19H28BrNO4. The Bertz CT molecular complexity index is 570. The second-order valence-electron chi connectivity index (χ2n) is 6.96. The van der Waals surface area contributed by atoms with Gasteiger partial charge in [-0.3, -0.25) is 4.79 Å². The Hall–Kier alpha value is -0.950. The Balaban J connectivity index is 0.00000225. The molecule has 1 aliphatic carbocycles. The van der Waals surface area contributed by atoms with E-state index in [0.717, 1.165) is 19.3 Å². The van der Waals surface area contributed by atoms with E-state index in [0.29, 0.717) is 13.0 Å². The van der Waals surface area contributed by atoms with E-state index < -0.39 is 17.7 Å². The van der Waals surface area contributed by atoms with Crippen LogP contribution in [0, 0.1) is 5.92 Å². The molecule has 6 heteroatoms. The molecule has 140 valence electrons. The number of benzene rings is 1. The quantitative estimate of drug-likeness (QED) is 0.769. The third-order valence-electron chi connectivity index (χ3n) is 5.30. The molecule has 0 aromatic heterocycles. The number of carbonyl (C=O) groups is 1. The van der Waals surface area contributed by atoms with Gasteiger partial charge in [0.1, 0.15) is 0 Å². The first-order valence-electron chi connectivity index (χ1n) is 8.88. The summed E-state index contributed by atoms with van der Waals surface area (Å²) in [6.07, 6.45) is 2.88. The monoisotopic (exact) mass is 413 g/mol. The number of ether oxygens (including phenoxy) is 2. The van der Waals surface area contributed by atoms with Gasteiger partial charge in [0.05, 0.1) is 18.6 Å². The third-order valence-corrected chi connectivity index (χ3v) is 5.30. The summed E-state index contributed by atoms with van der Waals surface area (Å²) >= 11 is 0. The van der Waals surface area contributed by atoms with E-state index >= 15 is 0 Å². The fourth-order valence-electron chi connectivity index (χ4n) is 3.83. The Morgan fingerprint density at radius 1 is 1.40 bits per heavy atom. The first-order valence-corrected chi connectivity index (χ1v) is 8.88. The maximum Gasteiger partial charge on any atom is 0.308 e. The van der Waals surface area contributed by atoms with E-state index in [1.165, 1.54) is 5.56 Å². The van der Waals surface area contributed by atoms with Gasteiger partial charge in [-0.1, -0.05) is 37.3 Å². The van der Waals surface area contributed by atoms with Gasteiger partial charge in [-0.2, -0.15) is 0 Å². The average molecular weight is 414 g/mol. The van der Waals surface area contributed by atoms with E-state index in [1.54, 1.807) is 0 Å². The lowest BCUT2D eigenvalue weighted by Crippen LogP contribution is -2.51. The minimum Gasteiger partial charge on any atom is -0.481 e. The standard InChI is InChI=1S/C19H27NO4.BrH/c1-3-15-12-23-19(24-15)10-9-17(16(11-19)18(21)22)20-13(2)14-7-5-4-6-8-14;/h4-8,13,15-17,20H,3,9-12H2,1-2H3,(H,21,22);1H/t13-,15?,16+,17-,19?;/m1./s1. The molecule has 1 aromatic carbocycles. The number of carboxylic acid groups (broad SMARTS) is 1. The lowest BCUT2D eigenvalue weighted by Gasteiger charge is -2.41. The van der Waals surface area contributed by atoms with Crippen molar-refractivity contribution in [1.82, 2.24) is 5.32 Å². The van der Waals surface area contributed by atoms with Gasteiger partial charge in [0.25, 0.3) is 0 Å². The van der Waals surface area contributed by atoms with Crippen LogP contribution in [0.5, 0.6) is 0 Å². The van der Waals surface area contributed by atoms with Crippen molar-refractivity contribution in [2.24, 2.45) is 5.92 Å². The zero-order chi connectivity index (χ0) is 17.2. The zero-order valence-electron chi connectivity index (χ0n) is 14.8. The Labute approximate surface area is 159 Å². The van der Waals surface area contributed by atoms with Gasteiger partial charge in [-0.15, -0.1) is 17.0 Å². The van der Waals surface area contributed by atoms with Crippen molar-refractivity contribution in [3.8, 4) is 0 Å². The minimum absolute atomic E-state index is 0. The lowest BCUT2D eigenvalue weighted by molar-refractivity contribution is -0.205. The Morgan fingerprint density at radius 2 is 2.12 bits per heavy atom. The van der Waals surface area contributed by atoms with Crippen LogP contribution in [0.15, 0.2) is 30.3 Å². The van der Waals surface area contributed by atoms with Crippen LogP contribution < -0.4 is 5.32 Å². The summed E-state index contributed by atoms with van der Waals surface area (Å²) in [6, 6.07) is 10.2. The number of hydrogen-bond donors (Lipinski definition) is 2. The first-order chi connectivity index (χ1) is 11.5. The van der Waals surface area contributed by atoms with Gasteiger partial charge in [0, 0.05) is 24.9 Å². The van der Waals surface area contributed by atoms with Crippen molar-refractivity contribution in [3.63, 3.8) is 0 Å². The molecule has 1 saturated heterocycles. The van der Waals surface area contributed by atoms with Crippen LogP contribution in [-0.2, 0) is 14.3 Å². The second-order valence-corrected chi connectivity index (χ2v) is 6.96. The van der Waals surface area contributed by atoms with Gasteiger partial charge in [0.15, 0.2) is 5.79 Å². The number of halogens is 1. The van der Waals surface area contributed by atoms with Gasteiger partial charge < -0.3 is 19.9 Å². The largest absolute Gasteiger partial charge is 0.481 e. The molecule has 2 unspecified atom stereocenters. The highest BCUT2D eigenvalue weighted by Crippen LogP contribution is 2.41. The predicted octanol–water partition coefficient (Wildman–Crippen LogP) is 3.69. The Morgan fingerprint density at radius 3 is 2.72 bits per heavy atom. The van der Waals surface area contributed by atoms with Crippen molar-refractivity contribution in [1.29, 1.82) is 0 Å². The van der Waals surface area contributed by atoms with Crippen molar-refractivity contribution < 1.29 is 19.4 Å². The van der Waals surface area contributed by atoms with Crippen LogP contribution in [0.3, 0.4) is 0 Å². The van der Waals surface area contributed by atoms with Crippen molar-refractivity contribution in [2.75, 3.05) is 6.61 Å². The summed E-state index contributed by atoms with van der Waals surface area (Å²) in [5, 5.41) is 13.2. The smallest absolute Gasteiger partial charge is 0.308 e. The highest BCUT2D eigenvalue weighted by molar-refractivity contribution is 8.93. The molecular weight excluding hydrogens is 386 g/mol. The molecule has 0 bridgehead atoms. The maximum atomic E-state index is 11.8. The number of rotatable bonds is 5. The SMILES string of the molecule is Br.CCC1COC2(CC[C@@H](N[C@H](C)c3ccccc3)[C@@H](C(=O)O)C2)O1. The van der Waals surface area contributed by atoms with Crippen molar-refractivity contribution in [3.05, 3.63) is 35.9 Å². The molecule has 3 rings (SSSR count). The molecule has 0 amide bonds. The summed E-state index contributed by atoms with van der Waals surface area (Å²) in [7, 11) is 0. The normalized spacial score (nSPS) is 33.0. The topological polar surface area (TPSA) is 67.8 Å². The molecule has 5 atom stereocenters. The molecule has 25 heavy (non-hydrogen) atoms. The summed E-state index contributed by atoms with van der Waals surface area (Å²) in [4.78, 5) is 11.8. The van der Waals surface area contributed by atoms with Crippen molar-refractivity contribution >= 4 is 23.0 Å². The van der Waals surface area contributed by atoms with Gasteiger partial charge in [0.2, 0.25) is 0 Å². The molecule has 5 nitrogen and oxygen atoms in total. The van der Waals surface area contributed by atoms with E-state index in [9.17, 15) is 9.90 Å². The van der Waals surface area contributed by atoms with E-state index in [1.807, 2.05) is 18.2 Å². The van der Waals surface area contributed by atoms with Gasteiger partial charge in [-0.25, -0.2) is 0 Å². The highest BCUT2D eigenvalue weighted by atomic mass is 79.9. The number of aliphatic carboxylic acids is 1. The second kappa shape index (κ2) is 8.62. The molecule has 0 radical (unpaired) electrons. The molecule has 1 heterocycles. The van der Waals surface area contributed by atoms with Crippen LogP contribution in [0.1, 0.15) is 51.1 Å². The summed E-state index contributed by atoms with van der Waals surface area (Å²) in [5.74, 6) is -1.97.